The number of para-hydroxylation sites is 1. The van der Waals surface area contributed by atoms with Crippen molar-refractivity contribution < 1.29 is 14.3 Å². The van der Waals surface area contributed by atoms with E-state index in [2.05, 4.69) is 39.9 Å². The maximum absolute atomic E-state index is 12.5. The molecule has 0 radical (unpaired) electrons. The highest BCUT2D eigenvalue weighted by Gasteiger charge is 2.17. The number of carbonyl (C=O) groups is 1. The molecular formula is C24H27NO3. The molecule has 0 atom stereocenters. The van der Waals surface area contributed by atoms with E-state index in [1.54, 1.807) is 18.2 Å². The SMILES string of the molecule is Cc1c(C)c(C)c(Cc2ccc(C(=O)Nc3ccccc3CO)o2)c(C)c1C. The quantitative estimate of drug-likeness (QED) is 0.646. The molecule has 0 bridgehead atoms. The van der Waals surface area contributed by atoms with Gasteiger partial charge < -0.3 is 14.8 Å². The van der Waals surface area contributed by atoms with Gasteiger partial charge in [0.1, 0.15) is 5.76 Å². The Hall–Kier alpha value is -2.85. The van der Waals surface area contributed by atoms with Crippen molar-refractivity contribution in [3.63, 3.8) is 0 Å². The van der Waals surface area contributed by atoms with Crippen LogP contribution in [0.1, 0.15) is 55.3 Å². The zero-order chi connectivity index (χ0) is 20.4. The highest BCUT2D eigenvalue weighted by atomic mass is 16.3. The monoisotopic (exact) mass is 377 g/mol. The Morgan fingerprint density at radius 2 is 1.50 bits per heavy atom. The van der Waals surface area contributed by atoms with Gasteiger partial charge >= 0.3 is 0 Å². The van der Waals surface area contributed by atoms with E-state index in [0.29, 0.717) is 17.7 Å². The molecule has 4 heteroatoms. The summed E-state index contributed by atoms with van der Waals surface area (Å²) in [5, 5.41) is 12.2. The van der Waals surface area contributed by atoms with Crippen LogP contribution in [0.5, 0.6) is 0 Å². The number of carbonyl (C=O) groups excluding carboxylic acids is 1. The van der Waals surface area contributed by atoms with Gasteiger partial charge in [0.15, 0.2) is 5.76 Å². The lowest BCUT2D eigenvalue weighted by Gasteiger charge is -2.18. The van der Waals surface area contributed by atoms with Gasteiger partial charge in [-0.1, -0.05) is 18.2 Å². The summed E-state index contributed by atoms with van der Waals surface area (Å²) in [5.41, 5.74) is 9.02. The van der Waals surface area contributed by atoms with E-state index in [1.165, 1.54) is 33.4 Å². The van der Waals surface area contributed by atoms with Gasteiger partial charge in [0.2, 0.25) is 0 Å². The minimum absolute atomic E-state index is 0.134. The van der Waals surface area contributed by atoms with Gasteiger partial charge in [0.25, 0.3) is 5.91 Å². The Balaban J connectivity index is 1.83. The number of amides is 1. The normalized spacial score (nSPS) is 10.9. The van der Waals surface area contributed by atoms with Crippen LogP contribution in [0.3, 0.4) is 0 Å². The van der Waals surface area contributed by atoms with Crippen molar-refractivity contribution in [3.05, 3.63) is 86.9 Å². The molecule has 1 aromatic heterocycles. The zero-order valence-corrected chi connectivity index (χ0v) is 17.1. The van der Waals surface area contributed by atoms with Gasteiger partial charge in [0, 0.05) is 17.7 Å². The van der Waals surface area contributed by atoms with Gasteiger partial charge in [-0.15, -0.1) is 0 Å². The Morgan fingerprint density at radius 3 is 2.14 bits per heavy atom. The van der Waals surface area contributed by atoms with Crippen molar-refractivity contribution >= 4 is 11.6 Å². The third kappa shape index (κ3) is 3.73. The molecule has 0 aliphatic carbocycles. The van der Waals surface area contributed by atoms with E-state index in [0.717, 1.165) is 5.76 Å². The molecule has 3 aromatic rings. The molecule has 1 amide bonds. The second kappa shape index (κ2) is 8.03. The van der Waals surface area contributed by atoms with E-state index in [4.69, 9.17) is 4.42 Å². The van der Waals surface area contributed by atoms with Crippen molar-refractivity contribution in [1.29, 1.82) is 0 Å². The Morgan fingerprint density at radius 1 is 0.893 bits per heavy atom. The minimum Gasteiger partial charge on any atom is -0.456 e. The van der Waals surface area contributed by atoms with Gasteiger partial charge in [-0.25, -0.2) is 0 Å². The summed E-state index contributed by atoms with van der Waals surface area (Å²) in [6.45, 7) is 10.6. The van der Waals surface area contributed by atoms with E-state index in [1.807, 2.05) is 18.2 Å². The number of hydrogen-bond acceptors (Lipinski definition) is 3. The first-order chi connectivity index (χ1) is 13.3. The maximum Gasteiger partial charge on any atom is 0.291 e. The highest BCUT2D eigenvalue weighted by molar-refractivity contribution is 6.02. The van der Waals surface area contributed by atoms with Gasteiger partial charge in [0.05, 0.1) is 6.61 Å². The van der Waals surface area contributed by atoms with Crippen molar-refractivity contribution in [2.45, 2.75) is 47.6 Å². The number of anilines is 1. The number of hydrogen-bond donors (Lipinski definition) is 2. The fourth-order valence-corrected chi connectivity index (χ4v) is 3.58. The van der Waals surface area contributed by atoms with Gasteiger partial charge in [-0.3, -0.25) is 4.79 Å². The predicted octanol–water partition coefficient (Wildman–Crippen LogP) is 5.16. The average molecular weight is 377 g/mol. The molecule has 0 saturated carbocycles. The predicted molar refractivity (Wildman–Crippen MR) is 112 cm³/mol. The molecule has 0 aliphatic rings. The van der Waals surface area contributed by atoms with Crippen molar-refractivity contribution in [1.82, 2.24) is 0 Å². The zero-order valence-electron chi connectivity index (χ0n) is 17.1. The molecule has 2 aromatic carbocycles. The smallest absolute Gasteiger partial charge is 0.291 e. The summed E-state index contributed by atoms with van der Waals surface area (Å²) in [5.74, 6) is 0.699. The van der Waals surface area contributed by atoms with E-state index in [9.17, 15) is 9.90 Å². The van der Waals surface area contributed by atoms with Crippen LogP contribution in [0, 0.1) is 34.6 Å². The fourth-order valence-electron chi connectivity index (χ4n) is 3.58. The van der Waals surface area contributed by atoms with E-state index >= 15 is 0 Å². The van der Waals surface area contributed by atoms with Crippen molar-refractivity contribution in [2.24, 2.45) is 0 Å². The topological polar surface area (TPSA) is 62.5 Å². The van der Waals surface area contributed by atoms with Crippen LogP contribution in [0.15, 0.2) is 40.8 Å². The van der Waals surface area contributed by atoms with Gasteiger partial charge in [-0.05, 0) is 86.2 Å². The number of nitrogens with one attached hydrogen (secondary N) is 1. The minimum atomic E-state index is -0.322. The molecule has 1 heterocycles. The van der Waals surface area contributed by atoms with E-state index < -0.39 is 0 Å². The molecule has 28 heavy (non-hydrogen) atoms. The first-order valence-corrected chi connectivity index (χ1v) is 9.48. The number of aliphatic hydroxyl groups excluding tert-OH is 1. The summed E-state index contributed by atoms with van der Waals surface area (Å²) >= 11 is 0. The molecular weight excluding hydrogens is 350 g/mol. The first kappa shape index (κ1) is 19.9. The molecule has 3 rings (SSSR count). The summed E-state index contributed by atoms with van der Waals surface area (Å²) in [7, 11) is 0. The van der Waals surface area contributed by atoms with Crippen LogP contribution in [-0.2, 0) is 13.0 Å². The molecule has 146 valence electrons. The molecule has 0 fully saturated rings. The fraction of sp³-hybridized carbons (Fsp3) is 0.292. The molecule has 0 aliphatic heterocycles. The van der Waals surface area contributed by atoms with Crippen molar-refractivity contribution in [3.8, 4) is 0 Å². The average Bonchev–Trinajstić information content (AvgIpc) is 3.17. The van der Waals surface area contributed by atoms with E-state index in [-0.39, 0.29) is 18.3 Å². The van der Waals surface area contributed by atoms with Gasteiger partial charge in [-0.2, -0.15) is 0 Å². The third-order valence-corrected chi connectivity index (χ3v) is 5.83. The van der Waals surface area contributed by atoms with Crippen LogP contribution in [0.25, 0.3) is 0 Å². The largest absolute Gasteiger partial charge is 0.456 e. The standard InChI is InChI=1S/C24H27NO3/c1-14-15(2)17(4)21(18(5)16(14)3)12-20-10-11-23(28-20)24(27)25-22-9-7-6-8-19(22)13-26/h6-11,26H,12-13H2,1-5H3,(H,25,27). The second-order valence-corrected chi connectivity index (χ2v) is 7.32. The Kier molecular flexibility index (Phi) is 5.71. The Bertz CT molecular complexity index is 1000. The number of benzene rings is 2. The number of aliphatic hydroxyl groups is 1. The highest BCUT2D eigenvalue weighted by Crippen LogP contribution is 2.28. The molecule has 4 nitrogen and oxygen atoms in total. The summed E-state index contributed by atoms with van der Waals surface area (Å²) in [6.07, 6.45) is 0.653. The van der Waals surface area contributed by atoms with Crippen LogP contribution in [0.2, 0.25) is 0 Å². The second-order valence-electron chi connectivity index (χ2n) is 7.32. The summed E-state index contributed by atoms with van der Waals surface area (Å²) < 4.78 is 5.84. The first-order valence-electron chi connectivity index (χ1n) is 9.48. The molecule has 0 spiro atoms. The molecule has 0 unspecified atom stereocenters. The molecule has 2 N–H and O–H groups in total. The van der Waals surface area contributed by atoms with Crippen LogP contribution in [0.4, 0.5) is 5.69 Å². The third-order valence-electron chi connectivity index (χ3n) is 5.83. The van der Waals surface area contributed by atoms with Crippen LogP contribution in [-0.4, -0.2) is 11.0 Å². The lowest BCUT2D eigenvalue weighted by atomic mass is 9.88. The number of furan rings is 1. The Labute approximate surface area is 166 Å². The maximum atomic E-state index is 12.5. The lowest BCUT2D eigenvalue weighted by Crippen LogP contribution is -2.12. The van der Waals surface area contributed by atoms with Crippen LogP contribution >= 0.6 is 0 Å². The molecule has 0 saturated heterocycles. The summed E-state index contributed by atoms with van der Waals surface area (Å²) in [4.78, 5) is 12.5. The van der Waals surface area contributed by atoms with Crippen LogP contribution < -0.4 is 5.32 Å². The lowest BCUT2D eigenvalue weighted by molar-refractivity contribution is 0.0995. The van der Waals surface area contributed by atoms with Crippen molar-refractivity contribution in [2.75, 3.05) is 5.32 Å². The summed E-state index contributed by atoms with van der Waals surface area (Å²) in [6, 6.07) is 10.7. The number of rotatable bonds is 5.